The summed E-state index contributed by atoms with van der Waals surface area (Å²) in [6.07, 6.45) is 3.07. The summed E-state index contributed by atoms with van der Waals surface area (Å²) in [5, 5.41) is 3.06. The van der Waals surface area contributed by atoms with Gasteiger partial charge in [0.2, 0.25) is 11.8 Å². The predicted molar refractivity (Wildman–Crippen MR) is 126 cm³/mol. The molecule has 0 radical (unpaired) electrons. The third-order valence-corrected chi connectivity index (χ3v) is 7.47. The van der Waals surface area contributed by atoms with Crippen molar-refractivity contribution in [1.82, 2.24) is 9.80 Å². The molecule has 7 heteroatoms. The molecule has 2 saturated heterocycles. The Bertz CT molecular complexity index is 1040. The summed E-state index contributed by atoms with van der Waals surface area (Å²) in [4.78, 5) is 30.5. The molecule has 0 aliphatic carbocycles. The van der Waals surface area contributed by atoms with Gasteiger partial charge >= 0.3 is 0 Å². The van der Waals surface area contributed by atoms with Gasteiger partial charge in [-0.1, -0.05) is 18.2 Å². The largest absolute Gasteiger partial charge is 0.493 e. The lowest BCUT2D eigenvalue weighted by atomic mass is 9.73. The van der Waals surface area contributed by atoms with E-state index < -0.39 is 5.41 Å². The van der Waals surface area contributed by atoms with Crippen molar-refractivity contribution in [3.8, 4) is 17.2 Å². The molecule has 2 fully saturated rings. The van der Waals surface area contributed by atoms with Crippen LogP contribution >= 0.6 is 0 Å². The highest BCUT2D eigenvalue weighted by atomic mass is 16.5. The second kappa shape index (κ2) is 8.71. The number of benzene rings is 2. The van der Waals surface area contributed by atoms with E-state index in [9.17, 15) is 9.59 Å². The first kappa shape index (κ1) is 21.8. The SMILES string of the molecule is COc1cc2c(cc1Oc1ccccc1)NC(=O)C21CCN(C(=O)C2CCN(C)CC2)CC1. The average molecular weight is 450 g/mol. The zero-order valence-electron chi connectivity index (χ0n) is 19.3. The van der Waals surface area contributed by atoms with Crippen LogP contribution in [0, 0.1) is 5.92 Å². The van der Waals surface area contributed by atoms with Crippen LogP contribution in [0.1, 0.15) is 31.2 Å². The van der Waals surface area contributed by atoms with Crippen LogP contribution in [0.5, 0.6) is 17.2 Å². The van der Waals surface area contributed by atoms with Gasteiger partial charge in [0.1, 0.15) is 5.75 Å². The van der Waals surface area contributed by atoms with Gasteiger partial charge in [-0.25, -0.2) is 0 Å². The van der Waals surface area contributed by atoms with Crippen molar-refractivity contribution in [1.29, 1.82) is 0 Å². The van der Waals surface area contributed by atoms with Crippen LogP contribution in [0.3, 0.4) is 0 Å². The minimum atomic E-state index is -0.628. The van der Waals surface area contributed by atoms with E-state index in [1.165, 1.54) is 0 Å². The van der Waals surface area contributed by atoms with Crippen molar-refractivity contribution >= 4 is 17.5 Å². The minimum Gasteiger partial charge on any atom is -0.493 e. The topological polar surface area (TPSA) is 71.1 Å². The molecule has 0 saturated carbocycles. The van der Waals surface area contributed by atoms with E-state index in [-0.39, 0.29) is 17.7 Å². The van der Waals surface area contributed by atoms with E-state index in [4.69, 9.17) is 9.47 Å². The summed E-state index contributed by atoms with van der Waals surface area (Å²) in [6, 6.07) is 13.3. The van der Waals surface area contributed by atoms with Crippen molar-refractivity contribution in [2.24, 2.45) is 5.92 Å². The molecule has 3 heterocycles. The van der Waals surface area contributed by atoms with E-state index in [2.05, 4.69) is 17.3 Å². The van der Waals surface area contributed by atoms with Gasteiger partial charge in [0.15, 0.2) is 11.5 Å². The summed E-state index contributed by atoms with van der Waals surface area (Å²) >= 11 is 0. The van der Waals surface area contributed by atoms with Crippen molar-refractivity contribution in [2.75, 3.05) is 45.7 Å². The Kier molecular flexibility index (Phi) is 5.74. The fraction of sp³-hybridized carbons (Fsp3) is 0.462. The van der Waals surface area contributed by atoms with Gasteiger partial charge in [-0.2, -0.15) is 0 Å². The highest BCUT2D eigenvalue weighted by Crippen LogP contribution is 2.49. The first-order valence-corrected chi connectivity index (χ1v) is 11.7. The second-order valence-corrected chi connectivity index (χ2v) is 9.40. The Hall–Kier alpha value is -3.06. The molecule has 2 aromatic rings. The summed E-state index contributed by atoms with van der Waals surface area (Å²) in [7, 11) is 3.71. The quantitative estimate of drug-likeness (QED) is 0.772. The predicted octanol–water partition coefficient (Wildman–Crippen LogP) is 3.64. The zero-order valence-corrected chi connectivity index (χ0v) is 19.3. The fourth-order valence-corrected chi connectivity index (χ4v) is 5.40. The number of fused-ring (bicyclic) bond motifs is 2. The van der Waals surface area contributed by atoms with Crippen LogP contribution < -0.4 is 14.8 Å². The van der Waals surface area contributed by atoms with Crippen LogP contribution in [0.15, 0.2) is 42.5 Å². The molecule has 7 nitrogen and oxygen atoms in total. The molecular formula is C26H31N3O4. The average Bonchev–Trinajstić information content (AvgIpc) is 3.09. The molecule has 3 aliphatic heterocycles. The van der Waals surface area contributed by atoms with Gasteiger partial charge in [-0.05, 0) is 69.6 Å². The number of carbonyl (C=O) groups excluding carboxylic acids is 2. The van der Waals surface area contributed by atoms with Crippen LogP contribution in [0.4, 0.5) is 5.69 Å². The number of hydrogen-bond acceptors (Lipinski definition) is 5. The molecule has 1 N–H and O–H groups in total. The van der Waals surface area contributed by atoms with Crippen molar-refractivity contribution in [3.05, 3.63) is 48.0 Å². The molecule has 2 aromatic carbocycles. The maximum atomic E-state index is 13.2. The number of rotatable bonds is 4. The Morgan fingerprint density at radius 2 is 1.73 bits per heavy atom. The van der Waals surface area contributed by atoms with Gasteiger partial charge in [0, 0.05) is 30.8 Å². The number of carbonyl (C=O) groups is 2. The molecule has 33 heavy (non-hydrogen) atoms. The lowest BCUT2D eigenvalue weighted by Crippen LogP contribution is -2.50. The number of nitrogens with one attached hydrogen (secondary N) is 1. The molecule has 1 spiro atoms. The van der Waals surface area contributed by atoms with E-state index in [0.29, 0.717) is 43.2 Å². The molecule has 3 aliphatic rings. The molecule has 0 bridgehead atoms. The van der Waals surface area contributed by atoms with Gasteiger partial charge in [-0.15, -0.1) is 0 Å². The van der Waals surface area contributed by atoms with Crippen LogP contribution in [0.25, 0.3) is 0 Å². The van der Waals surface area contributed by atoms with Crippen molar-refractivity contribution in [2.45, 2.75) is 31.1 Å². The smallest absolute Gasteiger partial charge is 0.235 e. The first-order valence-electron chi connectivity index (χ1n) is 11.7. The molecule has 2 amide bonds. The highest BCUT2D eigenvalue weighted by Gasteiger charge is 2.50. The maximum absolute atomic E-state index is 13.2. The highest BCUT2D eigenvalue weighted by molar-refractivity contribution is 6.07. The van der Waals surface area contributed by atoms with Crippen LogP contribution in [0.2, 0.25) is 0 Å². The molecule has 0 atom stereocenters. The molecule has 5 rings (SSSR count). The lowest BCUT2D eigenvalue weighted by molar-refractivity contribution is -0.140. The number of anilines is 1. The van der Waals surface area contributed by atoms with Crippen LogP contribution in [-0.2, 0) is 15.0 Å². The van der Waals surface area contributed by atoms with Gasteiger partial charge in [0.25, 0.3) is 0 Å². The Morgan fingerprint density at radius 3 is 2.39 bits per heavy atom. The summed E-state index contributed by atoms with van der Waals surface area (Å²) in [5.74, 6) is 2.23. The third-order valence-electron chi connectivity index (χ3n) is 7.47. The minimum absolute atomic E-state index is 0.00260. The number of ether oxygens (including phenoxy) is 2. The summed E-state index contributed by atoms with van der Waals surface area (Å²) in [5.41, 5.74) is 1.08. The summed E-state index contributed by atoms with van der Waals surface area (Å²) < 4.78 is 11.7. The second-order valence-electron chi connectivity index (χ2n) is 9.40. The number of nitrogens with zero attached hydrogens (tertiary/aromatic N) is 2. The fourth-order valence-electron chi connectivity index (χ4n) is 5.40. The third kappa shape index (κ3) is 3.95. The van der Waals surface area contributed by atoms with Crippen molar-refractivity contribution < 1.29 is 19.1 Å². The molecule has 0 unspecified atom stereocenters. The van der Waals surface area contributed by atoms with Gasteiger partial charge in [-0.3, -0.25) is 9.59 Å². The van der Waals surface area contributed by atoms with E-state index in [1.807, 2.05) is 47.4 Å². The Morgan fingerprint density at radius 1 is 1.03 bits per heavy atom. The number of methoxy groups -OCH3 is 1. The van der Waals surface area contributed by atoms with E-state index >= 15 is 0 Å². The number of hydrogen-bond donors (Lipinski definition) is 1. The molecule has 174 valence electrons. The first-order chi connectivity index (χ1) is 16.0. The Labute approximate surface area is 194 Å². The normalized spacial score (nSPS) is 20.4. The monoisotopic (exact) mass is 449 g/mol. The maximum Gasteiger partial charge on any atom is 0.235 e. The lowest BCUT2D eigenvalue weighted by Gasteiger charge is -2.40. The van der Waals surface area contributed by atoms with Gasteiger partial charge in [0.05, 0.1) is 12.5 Å². The standard InChI is InChI=1S/C26H31N3O4/c1-28-12-8-18(9-13-28)24(30)29-14-10-26(11-15-29)20-16-22(32-2)23(17-21(20)27-25(26)31)33-19-6-4-3-5-7-19/h3-7,16-18H,8-15H2,1-2H3,(H,27,31). The van der Waals surface area contributed by atoms with Crippen molar-refractivity contribution in [3.63, 3.8) is 0 Å². The van der Waals surface area contributed by atoms with E-state index in [1.54, 1.807) is 7.11 Å². The summed E-state index contributed by atoms with van der Waals surface area (Å²) in [6.45, 7) is 3.14. The number of piperidine rings is 2. The van der Waals surface area contributed by atoms with Crippen LogP contribution in [-0.4, -0.2) is 62.0 Å². The van der Waals surface area contributed by atoms with E-state index in [0.717, 1.165) is 37.2 Å². The number of amides is 2. The van der Waals surface area contributed by atoms with Gasteiger partial charge < -0.3 is 24.6 Å². The zero-order chi connectivity index (χ0) is 23.0. The Balaban J connectivity index is 1.35. The molecular weight excluding hydrogens is 418 g/mol. The molecule has 0 aromatic heterocycles. The number of likely N-dealkylation sites (tertiary alicyclic amines) is 2. The number of para-hydroxylation sites is 1.